The number of nitriles is 1. The van der Waals surface area contributed by atoms with Gasteiger partial charge in [-0.25, -0.2) is 4.79 Å². The molecule has 0 spiro atoms. The molecule has 0 amide bonds. The summed E-state index contributed by atoms with van der Waals surface area (Å²) < 4.78 is 42.7. The Labute approximate surface area is 118 Å². The predicted molar refractivity (Wildman–Crippen MR) is 68.4 cm³/mol. The van der Waals surface area contributed by atoms with Crippen LogP contribution in [-0.2, 0) is 11.2 Å². The smallest absolute Gasteiger partial charge is 0.446 e. The highest BCUT2D eigenvalue weighted by Crippen LogP contribution is 2.41. The number of alkyl halides is 3. The van der Waals surface area contributed by atoms with Crippen LogP contribution in [0.2, 0.25) is 0 Å². The average molecular weight is 303 g/mol. The molecule has 108 valence electrons. The van der Waals surface area contributed by atoms with Crippen molar-refractivity contribution in [3.63, 3.8) is 0 Å². The average Bonchev–Trinajstić information content (AvgIpc) is 2.36. The molecule has 0 unspecified atom stereocenters. The van der Waals surface area contributed by atoms with E-state index in [4.69, 9.17) is 10.00 Å². The molecule has 0 heterocycles. The molecule has 0 aliphatic rings. The fourth-order valence-electron chi connectivity index (χ4n) is 1.69. The van der Waals surface area contributed by atoms with Crippen LogP contribution in [0, 0.1) is 11.3 Å². The summed E-state index contributed by atoms with van der Waals surface area (Å²) in [5, 5.41) is 8.95. The molecule has 0 N–H and O–H groups in total. The number of rotatable bonds is 4. The van der Waals surface area contributed by atoms with Crippen molar-refractivity contribution in [2.24, 2.45) is 0 Å². The van der Waals surface area contributed by atoms with E-state index in [1.165, 1.54) is 12.1 Å². The number of halogens is 3. The minimum absolute atomic E-state index is 0.0659. The van der Waals surface area contributed by atoms with Gasteiger partial charge in [0.15, 0.2) is 0 Å². The third kappa shape index (κ3) is 3.90. The van der Waals surface area contributed by atoms with Crippen molar-refractivity contribution in [2.75, 3.05) is 6.61 Å². The number of nitrogens with zero attached hydrogens (tertiary/aromatic N) is 1. The Morgan fingerprint density at radius 2 is 2.05 bits per heavy atom. The maximum atomic E-state index is 12.7. The predicted octanol–water partition coefficient (Wildman–Crippen LogP) is 3.91. The molecule has 1 rings (SSSR count). The van der Waals surface area contributed by atoms with Gasteiger partial charge in [0.1, 0.15) is 0 Å². The second-order valence-electron chi connectivity index (χ2n) is 3.70. The Hall–Kier alpha value is -1.68. The molecule has 0 saturated heterocycles. The maximum Gasteiger partial charge on any atom is 0.446 e. The number of ether oxygens (including phenoxy) is 1. The number of carbonyl (C=O) groups excluding carboxylic acids is 1. The van der Waals surface area contributed by atoms with Crippen molar-refractivity contribution in [2.45, 2.75) is 30.7 Å². The highest BCUT2D eigenvalue weighted by Gasteiger charge is 2.33. The largest absolute Gasteiger partial charge is 0.462 e. The summed E-state index contributed by atoms with van der Waals surface area (Å²) in [4.78, 5) is 11.5. The molecular weight excluding hydrogens is 291 g/mol. The highest BCUT2D eigenvalue weighted by molar-refractivity contribution is 8.00. The lowest BCUT2D eigenvalue weighted by Gasteiger charge is -2.15. The molecule has 0 atom stereocenters. The van der Waals surface area contributed by atoms with Crippen LogP contribution in [0.4, 0.5) is 13.2 Å². The summed E-state index contributed by atoms with van der Waals surface area (Å²) in [5.74, 6) is -0.821. The first kappa shape index (κ1) is 16.4. The number of esters is 1. The van der Waals surface area contributed by atoms with E-state index in [1.54, 1.807) is 13.8 Å². The van der Waals surface area contributed by atoms with Crippen LogP contribution in [0.1, 0.15) is 35.3 Å². The van der Waals surface area contributed by atoms with E-state index in [2.05, 4.69) is 0 Å². The number of hydrogen-bond donors (Lipinski definition) is 0. The highest BCUT2D eigenvalue weighted by atomic mass is 32.2. The van der Waals surface area contributed by atoms with Crippen LogP contribution < -0.4 is 0 Å². The first-order valence-corrected chi connectivity index (χ1v) is 6.64. The summed E-state index contributed by atoms with van der Waals surface area (Å²) >= 11 is -0.390. The molecule has 0 fully saturated rings. The first-order chi connectivity index (χ1) is 9.34. The number of thioether (sulfide) groups is 1. The van der Waals surface area contributed by atoms with Gasteiger partial charge in [0.2, 0.25) is 0 Å². The Kier molecular flexibility index (Phi) is 5.45. The van der Waals surface area contributed by atoms with Crippen molar-refractivity contribution >= 4 is 17.7 Å². The van der Waals surface area contributed by atoms with Crippen LogP contribution in [0.25, 0.3) is 0 Å². The fraction of sp³-hybridized carbons (Fsp3) is 0.385. The molecule has 7 heteroatoms. The summed E-state index contributed by atoms with van der Waals surface area (Å²) in [6.07, 6.45) is 0.217. The van der Waals surface area contributed by atoms with Crippen molar-refractivity contribution in [1.82, 2.24) is 0 Å². The zero-order valence-corrected chi connectivity index (χ0v) is 11.7. The quantitative estimate of drug-likeness (QED) is 0.625. The van der Waals surface area contributed by atoms with Gasteiger partial charge in [-0.3, -0.25) is 0 Å². The first-order valence-electron chi connectivity index (χ1n) is 5.82. The monoisotopic (exact) mass is 303 g/mol. The molecule has 0 radical (unpaired) electrons. The van der Waals surface area contributed by atoms with Gasteiger partial charge in [0, 0.05) is 4.90 Å². The molecule has 1 aromatic carbocycles. The van der Waals surface area contributed by atoms with Gasteiger partial charge in [0.05, 0.1) is 23.8 Å². The fourth-order valence-corrected chi connectivity index (χ4v) is 2.56. The normalized spacial score (nSPS) is 11.0. The Bertz CT molecular complexity index is 550. The van der Waals surface area contributed by atoms with Gasteiger partial charge in [-0.05, 0) is 42.8 Å². The molecular formula is C13H12F3NO2S. The zero-order valence-electron chi connectivity index (χ0n) is 10.9. The van der Waals surface area contributed by atoms with E-state index >= 15 is 0 Å². The Morgan fingerprint density at radius 3 is 2.50 bits per heavy atom. The molecule has 20 heavy (non-hydrogen) atoms. The van der Waals surface area contributed by atoms with Crippen molar-refractivity contribution in [3.8, 4) is 6.07 Å². The van der Waals surface area contributed by atoms with Crippen molar-refractivity contribution < 1.29 is 22.7 Å². The van der Waals surface area contributed by atoms with E-state index < -0.39 is 11.5 Å². The van der Waals surface area contributed by atoms with E-state index in [0.29, 0.717) is 0 Å². The minimum Gasteiger partial charge on any atom is -0.462 e. The second kappa shape index (κ2) is 6.66. The van der Waals surface area contributed by atoms with Crippen LogP contribution in [0.3, 0.4) is 0 Å². The second-order valence-corrected chi connectivity index (χ2v) is 4.78. The topological polar surface area (TPSA) is 50.1 Å². The van der Waals surface area contributed by atoms with Gasteiger partial charge in [0.25, 0.3) is 0 Å². The number of hydrogen-bond acceptors (Lipinski definition) is 4. The van der Waals surface area contributed by atoms with E-state index in [9.17, 15) is 18.0 Å². The van der Waals surface area contributed by atoms with Crippen molar-refractivity contribution in [3.05, 3.63) is 28.8 Å². The molecule has 0 aromatic heterocycles. The summed E-state index contributed by atoms with van der Waals surface area (Å²) in [5.41, 5.74) is -4.36. The lowest BCUT2D eigenvalue weighted by Crippen LogP contribution is -2.11. The van der Waals surface area contributed by atoms with Crippen molar-refractivity contribution in [1.29, 1.82) is 5.26 Å². The van der Waals surface area contributed by atoms with E-state index in [-0.39, 0.29) is 46.4 Å². The SMILES string of the molecule is CCOC(=O)c1ccc(C#N)c(CC)c1SC(F)(F)F. The number of carbonyl (C=O) groups is 1. The van der Waals surface area contributed by atoms with Gasteiger partial charge in [-0.2, -0.15) is 18.4 Å². The molecule has 0 aliphatic carbocycles. The standard InChI is InChI=1S/C13H12F3NO2S/c1-3-9-8(7-17)5-6-10(12(18)19-4-2)11(9)20-13(14,15)16/h5-6H,3-4H2,1-2H3. The molecule has 0 aliphatic heterocycles. The summed E-state index contributed by atoms with van der Waals surface area (Å²) in [6.45, 7) is 3.26. The van der Waals surface area contributed by atoms with Crippen LogP contribution in [0.15, 0.2) is 17.0 Å². The summed E-state index contributed by atoms with van der Waals surface area (Å²) in [6, 6.07) is 4.38. The Balaban J connectivity index is 3.44. The Morgan fingerprint density at radius 1 is 1.40 bits per heavy atom. The van der Waals surface area contributed by atoms with Gasteiger partial charge >= 0.3 is 11.5 Å². The molecule has 3 nitrogen and oxygen atoms in total. The van der Waals surface area contributed by atoms with Gasteiger partial charge in [-0.1, -0.05) is 6.92 Å². The van der Waals surface area contributed by atoms with E-state index in [0.717, 1.165) is 0 Å². The van der Waals surface area contributed by atoms with Gasteiger partial charge in [-0.15, -0.1) is 0 Å². The third-order valence-electron chi connectivity index (χ3n) is 2.45. The zero-order chi connectivity index (χ0) is 15.3. The lowest BCUT2D eigenvalue weighted by atomic mass is 10.0. The number of benzene rings is 1. The maximum absolute atomic E-state index is 12.7. The van der Waals surface area contributed by atoms with Crippen LogP contribution in [0.5, 0.6) is 0 Å². The molecule has 0 bridgehead atoms. The van der Waals surface area contributed by atoms with Crippen LogP contribution >= 0.6 is 11.8 Å². The van der Waals surface area contributed by atoms with E-state index in [1.807, 2.05) is 6.07 Å². The molecule has 0 saturated carbocycles. The lowest BCUT2D eigenvalue weighted by molar-refractivity contribution is -0.0328. The summed E-state index contributed by atoms with van der Waals surface area (Å²) in [7, 11) is 0. The van der Waals surface area contributed by atoms with Gasteiger partial charge < -0.3 is 4.74 Å². The third-order valence-corrected chi connectivity index (χ3v) is 3.35. The minimum atomic E-state index is -4.54. The molecule has 1 aromatic rings. The van der Waals surface area contributed by atoms with Crippen LogP contribution in [-0.4, -0.2) is 18.1 Å².